The van der Waals surface area contributed by atoms with Gasteiger partial charge in [0.05, 0.1) is 15.6 Å². The van der Waals surface area contributed by atoms with E-state index in [-0.39, 0.29) is 0 Å². The Bertz CT molecular complexity index is 577. The fourth-order valence-corrected chi connectivity index (χ4v) is 2.90. The van der Waals surface area contributed by atoms with Gasteiger partial charge in [-0.15, -0.1) is 11.3 Å². The number of hydrogen-bond acceptors (Lipinski definition) is 4. The summed E-state index contributed by atoms with van der Waals surface area (Å²) in [6.07, 6.45) is 0.915. The highest BCUT2D eigenvalue weighted by molar-refractivity contribution is 7.71. The topological polar surface area (TPSA) is 46.5 Å². The van der Waals surface area contributed by atoms with Gasteiger partial charge in [0.1, 0.15) is 0 Å². The van der Waals surface area contributed by atoms with Crippen LogP contribution in [0.1, 0.15) is 37.4 Å². The van der Waals surface area contributed by atoms with Crippen LogP contribution >= 0.6 is 23.6 Å². The monoisotopic (exact) mass is 268 g/mol. The molecule has 0 bridgehead atoms. The van der Waals surface area contributed by atoms with Crippen molar-refractivity contribution in [1.29, 1.82) is 0 Å². The number of rotatable bonds is 3. The van der Waals surface area contributed by atoms with Crippen molar-refractivity contribution in [2.24, 2.45) is 7.05 Å². The van der Waals surface area contributed by atoms with Gasteiger partial charge in [0.25, 0.3) is 0 Å². The van der Waals surface area contributed by atoms with Crippen molar-refractivity contribution in [3.63, 3.8) is 0 Å². The molecular formula is C11H16N4S2. The van der Waals surface area contributed by atoms with Crippen LogP contribution in [-0.4, -0.2) is 19.7 Å². The van der Waals surface area contributed by atoms with Gasteiger partial charge in [-0.3, -0.25) is 5.10 Å². The van der Waals surface area contributed by atoms with Gasteiger partial charge in [-0.2, -0.15) is 5.10 Å². The predicted molar refractivity (Wildman–Crippen MR) is 73.0 cm³/mol. The summed E-state index contributed by atoms with van der Waals surface area (Å²) in [6, 6.07) is 0. The lowest BCUT2D eigenvalue weighted by molar-refractivity contribution is 0.839. The lowest BCUT2D eigenvalue weighted by Gasteiger charge is -1.98. The van der Waals surface area contributed by atoms with Crippen molar-refractivity contribution < 1.29 is 0 Å². The molecule has 2 rings (SSSR count). The van der Waals surface area contributed by atoms with Crippen LogP contribution in [-0.2, 0) is 13.5 Å². The molecule has 0 aliphatic heterocycles. The lowest BCUT2D eigenvalue weighted by Crippen LogP contribution is -1.93. The maximum atomic E-state index is 5.14. The molecule has 0 aliphatic carbocycles. The first-order valence-electron chi connectivity index (χ1n) is 5.66. The summed E-state index contributed by atoms with van der Waals surface area (Å²) in [6.45, 7) is 6.43. The van der Waals surface area contributed by atoms with Gasteiger partial charge in [-0.25, -0.2) is 4.98 Å². The van der Waals surface area contributed by atoms with Crippen LogP contribution in [0.2, 0.25) is 0 Å². The van der Waals surface area contributed by atoms with Crippen molar-refractivity contribution in [2.75, 3.05) is 0 Å². The minimum absolute atomic E-state index is 0.450. The highest BCUT2D eigenvalue weighted by Gasteiger charge is 2.17. The fraction of sp³-hybridized carbons (Fsp3) is 0.545. The number of hydrogen-bond donors (Lipinski definition) is 1. The number of nitrogens with one attached hydrogen (secondary N) is 1. The molecule has 0 atom stereocenters. The summed E-state index contributed by atoms with van der Waals surface area (Å²) in [7, 11) is 1.93. The Balaban J connectivity index is 2.58. The van der Waals surface area contributed by atoms with E-state index in [0.29, 0.717) is 10.7 Å². The summed E-state index contributed by atoms with van der Waals surface area (Å²) >= 11 is 6.85. The normalized spacial score (nSPS) is 11.4. The van der Waals surface area contributed by atoms with Gasteiger partial charge in [0.2, 0.25) is 0 Å². The zero-order valence-electron chi connectivity index (χ0n) is 10.4. The maximum absolute atomic E-state index is 5.14. The summed E-state index contributed by atoms with van der Waals surface area (Å²) in [5.41, 5.74) is 1.11. The summed E-state index contributed by atoms with van der Waals surface area (Å²) in [5, 5.41) is 8.26. The van der Waals surface area contributed by atoms with Gasteiger partial charge in [-0.1, -0.05) is 20.8 Å². The Hall–Kier alpha value is -1.01. The maximum Gasteiger partial charge on any atom is 0.195 e. The molecule has 17 heavy (non-hydrogen) atoms. The molecule has 0 aliphatic rings. The van der Waals surface area contributed by atoms with E-state index in [2.05, 4.69) is 36.0 Å². The van der Waals surface area contributed by atoms with Crippen molar-refractivity contribution in [3.8, 4) is 10.7 Å². The first-order chi connectivity index (χ1) is 8.04. The second kappa shape index (κ2) is 4.70. The number of H-pyrrole nitrogens is 1. The molecular weight excluding hydrogens is 252 g/mol. The van der Waals surface area contributed by atoms with Crippen LogP contribution in [0, 0.1) is 4.77 Å². The molecule has 92 valence electrons. The first kappa shape index (κ1) is 12.4. The first-order valence-corrected chi connectivity index (χ1v) is 6.88. The highest BCUT2D eigenvalue weighted by Crippen LogP contribution is 2.32. The Morgan fingerprint density at radius 2 is 2.18 bits per heavy atom. The standard InChI is InChI=1S/C11H16N4S2/c1-5-7-8(17-10(12-7)6(2)3)9-13-14-11(16)15(9)4/h6H,5H2,1-4H3,(H,14,16). The second-order valence-corrected chi connectivity index (χ2v) is 5.66. The summed E-state index contributed by atoms with van der Waals surface area (Å²) < 4.78 is 2.54. The molecule has 0 radical (unpaired) electrons. The number of aromatic amines is 1. The Kier molecular flexibility index (Phi) is 3.44. The molecule has 4 nitrogen and oxygen atoms in total. The van der Waals surface area contributed by atoms with Crippen molar-refractivity contribution >= 4 is 23.6 Å². The third-order valence-corrected chi connectivity index (χ3v) is 4.38. The summed E-state index contributed by atoms with van der Waals surface area (Å²) in [5.74, 6) is 1.34. The Morgan fingerprint density at radius 1 is 1.47 bits per heavy atom. The van der Waals surface area contributed by atoms with Crippen LogP contribution in [0.15, 0.2) is 0 Å². The van der Waals surface area contributed by atoms with Crippen LogP contribution in [0.4, 0.5) is 0 Å². The summed E-state index contributed by atoms with van der Waals surface area (Å²) in [4.78, 5) is 5.80. The highest BCUT2D eigenvalue weighted by atomic mass is 32.1. The average molecular weight is 268 g/mol. The van der Waals surface area contributed by atoms with Gasteiger partial charge >= 0.3 is 0 Å². The van der Waals surface area contributed by atoms with E-state index in [1.807, 2.05) is 11.6 Å². The molecule has 2 aromatic heterocycles. The van der Waals surface area contributed by atoms with E-state index in [1.54, 1.807) is 11.3 Å². The average Bonchev–Trinajstić information content (AvgIpc) is 2.84. The smallest absolute Gasteiger partial charge is 0.195 e. The van der Waals surface area contributed by atoms with E-state index in [9.17, 15) is 0 Å². The van der Waals surface area contributed by atoms with Crippen LogP contribution in [0.25, 0.3) is 10.7 Å². The minimum atomic E-state index is 0.450. The number of nitrogens with zero attached hydrogens (tertiary/aromatic N) is 3. The van der Waals surface area contributed by atoms with Crippen molar-refractivity contribution in [3.05, 3.63) is 15.5 Å². The second-order valence-electron chi connectivity index (χ2n) is 4.25. The molecule has 0 saturated carbocycles. The zero-order chi connectivity index (χ0) is 12.6. The number of aryl methyl sites for hydroxylation is 1. The molecule has 0 spiro atoms. The van der Waals surface area contributed by atoms with Gasteiger partial charge < -0.3 is 4.57 Å². The quantitative estimate of drug-likeness (QED) is 0.869. The largest absolute Gasteiger partial charge is 0.303 e. The van der Waals surface area contributed by atoms with E-state index < -0.39 is 0 Å². The molecule has 0 saturated heterocycles. The van der Waals surface area contributed by atoms with Crippen molar-refractivity contribution in [1.82, 2.24) is 19.7 Å². The van der Waals surface area contributed by atoms with Crippen LogP contribution < -0.4 is 0 Å². The number of aromatic nitrogens is 4. The van der Waals surface area contributed by atoms with E-state index in [1.165, 1.54) is 0 Å². The molecule has 6 heteroatoms. The van der Waals surface area contributed by atoms with Gasteiger partial charge in [0.15, 0.2) is 10.6 Å². The Labute approximate surface area is 110 Å². The van der Waals surface area contributed by atoms with Crippen LogP contribution in [0.5, 0.6) is 0 Å². The number of thiazole rings is 1. The third kappa shape index (κ3) is 2.19. The van der Waals surface area contributed by atoms with E-state index >= 15 is 0 Å². The molecule has 0 aromatic carbocycles. The lowest BCUT2D eigenvalue weighted by atomic mass is 10.2. The molecule has 2 aromatic rings. The Morgan fingerprint density at radius 3 is 2.65 bits per heavy atom. The molecule has 0 amide bonds. The van der Waals surface area contributed by atoms with Crippen LogP contribution in [0.3, 0.4) is 0 Å². The molecule has 0 fully saturated rings. The molecule has 2 heterocycles. The zero-order valence-corrected chi connectivity index (χ0v) is 12.1. The molecule has 0 unspecified atom stereocenters. The van der Waals surface area contributed by atoms with Gasteiger partial charge in [0, 0.05) is 13.0 Å². The minimum Gasteiger partial charge on any atom is -0.303 e. The van der Waals surface area contributed by atoms with Crippen molar-refractivity contribution in [2.45, 2.75) is 33.1 Å². The fourth-order valence-electron chi connectivity index (χ4n) is 1.58. The van der Waals surface area contributed by atoms with E-state index in [4.69, 9.17) is 12.2 Å². The molecule has 1 N–H and O–H groups in total. The predicted octanol–water partition coefficient (Wildman–Crippen LogP) is 3.29. The SMILES string of the molecule is CCc1nc(C(C)C)sc1-c1n[nH]c(=S)n1C. The third-order valence-electron chi connectivity index (χ3n) is 2.63. The van der Waals surface area contributed by atoms with E-state index in [0.717, 1.165) is 27.8 Å². The van der Waals surface area contributed by atoms with Gasteiger partial charge in [-0.05, 0) is 18.6 Å².